The standard InChI is InChI=1S/C11H14N2O2S/c1-3-6-16(14,15)13-11-7-10(8-12)5-4-9(11)2/h4-5,7,13H,3,6H2,1-2H3. The van der Waals surface area contributed by atoms with Gasteiger partial charge in [-0.25, -0.2) is 8.42 Å². The summed E-state index contributed by atoms with van der Waals surface area (Å²) in [5, 5.41) is 8.73. The number of nitriles is 1. The van der Waals surface area contributed by atoms with Gasteiger partial charge >= 0.3 is 0 Å². The van der Waals surface area contributed by atoms with E-state index >= 15 is 0 Å². The largest absolute Gasteiger partial charge is 0.283 e. The number of benzene rings is 1. The maximum absolute atomic E-state index is 11.6. The van der Waals surface area contributed by atoms with Crippen molar-refractivity contribution < 1.29 is 8.42 Å². The van der Waals surface area contributed by atoms with Crippen LogP contribution >= 0.6 is 0 Å². The van der Waals surface area contributed by atoms with Crippen LogP contribution in [0.15, 0.2) is 18.2 Å². The van der Waals surface area contributed by atoms with Gasteiger partial charge in [-0.3, -0.25) is 4.72 Å². The zero-order valence-electron chi connectivity index (χ0n) is 9.32. The van der Waals surface area contributed by atoms with Crippen molar-refractivity contribution in [1.82, 2.24) is 0 Å². The Morgan fingerprint density at radius 3 is 2.69 bits per heavy atom. The molecule has 0 unspecified atom stereocenters. The maximum Gasteiger partial charge on any atom is 0.232 e. The fourth-order valence-corrected chi connectivity index (χ4v) is 2.48. The molecule has 0 atom stereocenters. The predicted molar refractivity (Wildman–Crippen MR) is 63.6 cm³/mol. The fourth-order valence-electron chi connectivity index (χ4n) is 1.29. The van der Waals surface area contributed by atoms with Crippen LogP contribution in [0.5, 0.6) is 0 Å². The highest BCUT2D eigenvalue weighted by atomic mass is 32.2. The fraction of sp³-hybridized carbons (Fsp3) is 0.364. The Labute approximate surface area is 96.0 Å². The molecule has 0 aliphatic carbocycles. The van der Waals surface area contributed by atoms with E-state index in [9.17, 15) is 8.42 Å². The van der Waals surface area contributed by atoms with E-state index in [1.165, 1.54) is 0 Å². The first-order valence-electron chi connectivity index (χ1n) is 4.99. The van der Waals surface area contributed by atoms with E-state index < -0.39 is 10.0 Å². The van der Waals surface area contributed by atoms with Crippen LogP contribution in [0, 0.1) is 18.3 Å². The average molecular weight is 238 g/mol. The molecular formula is C11H14N2O2S. The third-order valence-electron chi connectivity index (χ3n) is 2.10. The van der Waals surface area contributed by atoms with E-state index in [1.807, 2.05) is 6.07 Å². The van der Waals surface area contributed by atoms with Crippen LogP contribution in [0.4, 0.5) is 5.69 Å². The van der Waals surface area contributed by atoms with Crippen LogP contribution in [-0.4, -0.2) is 14.2 Å². The molecule has 0 aromatic heterocycles. The third kappa shape index (κ3) is 3.24. The Morgan fingerprint density at radius 2 is 2.12 bits per heavy atom. The van der Waals surface area contributed by atoms with Gasteiger partial charge in [-0.05, 0) is 31.0 Å². The number of nitrogens with one attached hydrogen (secondary N) is 1. The van der Waals surface area contributed by atoms with Crippen molar-refractivity contribution in [2.24, 2.45) is 0 Å². The van der Waals surface area contributed by atoms with E-state index in [2.05, 4.69) is 4.72 Å². The van der Waals surface area contributed by atoms with E-state index in [-0.39, 0.29) is 5.75 Å². The molecule has 0 radical (unpaired) electrons. The molecule has 1 aromatic rings. The van der Waals surface area contributed by atoms with E-state index in [0.717, 1.165) is 5.56 Å². The molecule has 16 heavy (non-hydrogen) atoms. The monoisotopic (exact) mass is 238 g/mol. The molecule has 0 bridgehead atoms. The molecule has 0 aliphatic rings. The summed E-state index contributed by atoms with van der Waals surface area (Å²) in [5.41, 5.74) is 1.73. The molecule has 0 aliphatic heterocycles. The topological polar surface area (TPSA) is 70.0 Å². The SMILES string of the molecule is CCCS(=O)(=O)Nc1cc(C#N)ccc1C. The van der Waals surface area contributed by atoms with Gasteiger partial charge in [0.25, 0.3) is 0 Å². The highest BCUT2D eigenvalue weighted by Gasteiger charge is 2.10. The van der Waals surface area contributed by atoms with Crippen molar-refractivity contribution in [1.29, 1.82) is 5.26 Å². The summed E-state index contributed by atoms with van der Waals surface area (Å²) in [6.45, 7) is 3.60. The summed E-state index contributed by atoms with van der Waals surface area (Å²) in [5.74, 6) is 0.0865. The second-order valence-corrected chi connectivity index (χ2v) is 5.40. The van der Waals surface area contributed by atoms with Crippen LogP contribution in [0.1, 0.15) is 24.5 Å². The van der Waals surface area contributed by atoms with Crippen molar-refractivity contribution in [2.45, 2.75) is 20.3 Å². The lowest BCUT2D eigenvalue weighted by Crippen LogP contribution is -2.16. The molecule has 5 heteroatoms. The van der Waals surface area contributed by atoms with Gasteiger partial charge in [-0.1, -0.05) is 13.0 Å². The average Bonchev–Trinajstić information content (AvgIpc) is 2.21. The first kappa shape index (κ1) is 12.5. The molecule has 0 spiro atoms. The smallest absolute Gasteiger partial charge is 0.232 e. The summed E-state index contributed by atoms with van der Waals surface area (Å²) in [6, 6.07) is 6.91. The Kier molecular flexibility index (Phi) is 3.91. The van der Waals surface area contributed by atoms with Gasteiger partial charge in [0.05, 0.1) is 23.1 Å². The maximum atomic E-state index is 11.6. The minimum absolute atomic E-state index is 0.0865. The summed E-state index contributed by atoms with van der Waals surface area (Å²) < 4.78 is 25.6. The van der Waals surface area contributed by atoms with Crippen LogP contribution in [0.25, 0.3) is 0 Å². The summed E-state index contributed by atoms with van der Waals surface area (Å²) in [7, 11) is -3.29. The number of sulfonamides is 1. The highest BCUT2D eigenvalue weighted by Crippen LogP contribution is 2.18. The van der Waals surface area contributed by atoms with Crippen LogP contribution in [0.3, 0.4) is 0 Å². The van der Waals surface area contributed by atoms with Crippen molar-refractivity contribution in [3.8, 4) is 6.07 Å². The quantitative estimate of drug-likeness (QED) is 0.872. The lowest BCUT2D eigenvalue weighted by atomic mass is 10.1. The van der Waals surface area contributed by atoms with Gasteiger partial charge in [-0.15, -0.1) is 0 Å². The zero-order chi connectivity index (χ0) is 12.2. The molecule has 1 N–H and O–H groups in total. The van der Waals surface area contributed by atoms with Crippen LogP contribution in [-0.2, 0) is 10.0 Å². The number of rotatable bonds is 4. The number of hydrogen-bond acceptors (Lipinski definition) is 3. The minimum atomic E-state index is -3.29. The number of nitrogens with zero attached hydrogens (tertiary/aromatic N) is 1. The molecule has 0 saturated carbocycles. The Bertz CT molecular complexity index is 515. The van der Waals surface area contributed by atoms with E-state index in [1.54, 1.807) is 32.0 Å². The van der Waals surface area contributed by atoms with Gasteiger partial charge in [0, 0.05) is 0 Å². The Hall–Kier alpha value is -1.54. The molecule has 0 fully saturated rings. The molecule has 0 amide bonds. The predicted octanol–water partition coefficient (Wildman–Crippen LogP) is 2.02. The van der Waals surface area contributed by atoms with Gasteiger partial charge in [-0.2, -0.15) is 5.26 Å². The van der Waals surface area contributed by atoms with Gasteiger partial charge in [0.2, 0.25) is 10.0 Å². The highest BCUT2D eigenvalue weighted by molar-refractivity contribution is 7.92. The minimum Gasteiger partial charge on any atom is -0.283 e. The van der Waals surface area contributed by atoms with Crippen molar-refractivity contribution >= 4 is 15.7 Å². The van der Waals surface area contributed by atoms with Crippen molar-refractivity contribution in [2.75, 3.05) is 10.5 Å². The molecular weight excluding hydrogens is 224 g/mol. The number of hydrogen-bond donors (Lipinski definition) is 1. The molecule has 1 rings (SSSR count). The molecule has 0 saturated heterocycles. The van der Waals surface area contributed by atoms with Gasteiger partial charge in [0.15, 0.2) is 0 Å². The zero-order valence-corrected chi connectivity index (χ0v) is 10.1. The Balaban J connectivity index is 3.02. The number of aryl methyl sites for hydroxylation is 1. The number of anilines is 1. The van der Waals surface area contributed by atoms with Gasteiger partial charge < -0.3 is 0 Å². The van der Waals surface area contributed by atoms with Crippen molar-refractivity contribution in [3.63, 3.8) is 0 Å². The first-order valence-corrected chi connectivity index (χ1v) is 6.65. The van der Waals surface area contributed by atoms with Crippen molar-refractivity contribution in [3.05, 3.63) is 29.3 Å². The molecule has 0 heterocycles. The Morgan fingerprint density at radius 1 is 1.44 bits per heavy atom. The molecule has 86 valence electrons. The van der Waals surface area contributed by atoms with E-state index in [0.29, 0.717) is 17.7 Å². The third-order valence-corrected chi connectivity index (χ3v) is 3.58. The van der Waals surface area contributed by atoms with E-state index in [4.69, 9.17) is 5.26 Å². The second kappa shape index (κ2) is 4.99. The van der Waals surface area contributed by atoms with Gasteiger partial charge in [0.1, 0.15) is 0 Å². The lowest BCUT2D eigenvalue weighted by molar-refractivity contribution is 0.600. The molecule has 1 aromatic carbocycles. The normalized spacial score (nSPS) is 10.8. The summed E-state index contributed by atoms with van der Waals surface area (Å²) in [4.78, 5) is 0. The summed E-state index contributed by atoms with van der Waals surface area (Å²) >= 11 is 0. The first-order chi connectivity index (χ1) is 7.48. The van der Waals surface area contributed by atoms with Crippen LogP contribution in [0.2, 0.25) is 0 Å². The second-order valence-electron chi connectivity index (χ2n) is 3.56. The molecule has 4 nitrogen and oxygen atoms in total. The lowest BCUT2D eigenvalue weighted by Gasteiger charge is -2.09. The van der Waals surface area contributed by atoms with Crippen LogP contribution < -0.4 is 4.72 Å². The summed E-state index contributed by atoms with van der Waals surface area (Å²) in [6.07, 6.45) is 0.562.